The van der Waals surface area contributed by atoms with Gasteiger partial charge in [0.15, 0.2) is 5.82 Å². The van der Waals surface area contributed by atoms with Crippen LogP contribution >= 0.6 is 11.3 Å². The third-order valence-corrected chi connectivity index (χ3v) is 4.10. The number of aryl methyl sites for hydroxylation is 1. The van der Waals surface area contributed by atoms with E-state index in [2.05, 4.69) is 59.0 Å². The maximum atomic E-state index is 4.44. The molecule has 0 unspecified atom stereocenters. The molecule has 0 aliphatic carbocycles. The summed E-state index contributed by atoms with van der Waals surface area (Å²) in [7, 11) is 0. The van der Waals surface area contributed by atoms with Crippen LogP contribution in [0.1, 0.15) is 18.2 Å². The van der Waals surface area contributed by atoms with Crippen LogP contribution in [0.25, 0.3) is 22.0 Å². The first-order valence-electron chi connectivity index (χ1n) is 6.84. The fourth-order valence-corrected chi connectivity index (χ4v) is 2.95. The van der Waals surface area contributed by atoms with Crippen molar-refractivity contribution in [3.63, 3.8) is 0 Å². The highest BCUT2D eigenvalue weighted by Gasteiger charge is 2.11. The summed E-state index contributed by atoms with van der Waals surface area (Å²) in [5, 5.41) is 16.6. The Kier molecular flexibility index (Phi) is 3.65. The van der Waals surface area contributed by atoms with Crippen LogP contribution in [0.4, 0.5) is 5.82 Å². The molecule has 3 nitrogen and oxygen atoms in total. The number of thiophene rings is 1. The molecule has 0 saturated carbocycles. The lowest BCUT2D eigenvalue weighted by Gasteiger charge is -2.09. The number of rotatable bonds is 4. The lowest BCUT2D eigenvalue weighted by molar-refractivity contribution is 0.952. The summed E-state index contributed by atoms with van der Waals surface area (Å²) in [6.07, 6.45) is 1.07. The highest BCUT2D eigenvalue weighted by molar-refractivity contribution is 7.10. The Morgan fingerprint density at radius 3 is 2.65 bits per heavy atom. The Labute approximate surface area is 122 Å². The number of benzene rings is 1. The number of nitrogens with zero attached hydrogens (tertiary/aromatic N) is 2. The topological polar surface area (TPSA) is 37.8 Å². The first-order valence-corrected chi connectivity index (χ1v) is 7.72. The fraction of sp³-hybridized carbons (Fsp3) is 0.250. The van der Waals surface area contributed by atoms with Crippen LogP contribution < -0.4 is 5.32 Å². The van der Waals surface area contributed by atoms with E-state index >= 15 is 0 Å². The molecular weight excluding hydrogens is 266 g/mol. The van der Waals surface area contributed by atoms with Crippen molar-refractivity contribution in [3.05, 3.63) is 40.6 Å². The predicted molar refractivity (Wildman–Crippen MR) is 86.4 cm³/mol. The lowest BCUT2D eigenvalue weighted by atomic mass is 10.1. The summed E-state index contributed by atoms with van der Waals surface area (Å²) in [5.41, 5.74) is 2.12. The van der Waals surface area contributed by atoms with Crippen LogP contribution in [0.15, 0.2) is 35.7 Å². The number of hydrogen-bond donors (Lipinski definition) is 1. The van der Waals surface area contributed by atoms with Gasteiger partial charge in [-0.2, -0.15) is 0 Å². The monoisotopic (exact) mass is 283 g/mol. The normalized spacial score (nSPS) is 10.9. The van der Waals surface area contributed by atoms with Gasteiger partial charge in [0.2, 0.25) is 0 Å². The second kappa shape index (κ2) is 5.59. The molecule has 20 heavy (non-hydrogen) atoms. The van der Waals surface area contributed by atoms with Gasteiger partial charge in [-0.25, -0.2) is 0 Å². The van der Waals surface area contributed by atoms with Crippen LogP contribution in [-0.2, 0) is 0 Å². The Morgan fingerprint density at radius 2 is 1.95 bits per heavy atom. The molecule has 0 fully saturated rings. The summed E-state index contributed by atoms with van der Waals surface area (Å²) in [4.78, 5) is 1.29. The SMILES string of the molecule is CCCNc1nnc(-c2csc(C)c2)c2ccccc12. The minimum Gasteiger partial charge on any atom is -0.368 e. The van der Waals surface area contributed by atoms with E-state index in [0.717, 1.165) is 40.8 Å². The van der Waals surface area contributed by atoms with Crippen LogP contribution in [0.5, 0.6) is 0 Å². The number of hydrogen-bond acceptors (Lipinski definition) is 4. The van der Waals surface area contributed by atoms with E-state index in [1.165, 1.54) is 4.88 Å². The fourth-order valence-electron chi connectivity index (χ4n) is 2.26. The van der Waals surface area contributed by atoms with Gasteiger partial charge in [0.05, 0.1) is 0 Å². The molecule has 1 N–H and O–H groups in total. The minimum atomic E-state index is 0.873. The van der Waals surface area contributed by atoms with Gasteiger partial charge in [0.25, 0.3) is 0 Å². The maximum Gasteiger partial charge on any atom is 0.156 e. The Bertz CT molecular complexity index is 733. The second-order valence-electron chi connectivity index (χ2n) is 4.82. The third-order valence-electron chi connectivity index (χ3n) is 3.23. The Morgan fingerprint density at radius 1 is 1.15 bits per heavy atom. The zero-order chi connectivity index (χ0) is 13.9. The summed E-state index contributed by atoms with van der Waals surface area (Å²) < 4.78 is 0. The zero-order valence-electron chi connectivity index (χ0n) is 11.7. The van der Waals surface area contributed by atoms with Crippen LogP contribution in [-0.4, -0.2) is 16.7 Å². The van der Waals surface area contributed by atoms with E-state index in [1.54, 1.807) is 11.3 Å². The van der Waals surface area contributed by atoms with E-state index < -0.39 is 0 Å². The molecule has 0 radical (unpaired) electrons. The quantitative estimate of drug-likeness (QED) is 0.766. The van der Waals surface area contributed by atoms with Gasteiger partial charge in [-0.05, 0) is 19.4 Å². The van der Waals surface area contributed by atoms with E-state index in [9.17, 15) is 0 Å². The van der Waals surface area contributed by atoms with Gasteiger partial charge >= 0.3 is 0 Å². The molecule has 2 aromatic heterocycles. The van der Waals surface area contributed by atoms with Crippen molar-refractivity contribution in [2.75, 3.05) is 11.9 Å². The lowest BCUT2D eigenvalue weighted by Crippen LogP contribution is -2.04. The van der Waals surface area contributed by atoms with Crippen molar-refractivity contribution in [1.29, 1.82) is 0 Å². The first kappa shape index (κ1) is 13.1. The molecule has 0 amide bonds. The number of anilines is 1. The third kappa shape index (κ3) is 2.39. The number of fused-ring (bicyclic) bond motifs is 1. The van der Waals surface area contributed by atoms with Crippen molar-refractivity contribution in [1.82, 2.24) is 10.2 Å². The van der Waals surface area contributed by atoms with Crippen molar-refractivity contribution in [3.8, 4) is 11.3 Å². The molecule has 0 aliphatic rings. The van der Waals surface area contributed by atoms with Gasteiger partial charge in [-0.3, -0.25) is 0 Å². The zero-order valence-corrected chi connectivity index (χ0v) is 12.5. The molecule has 2 heterocycles. The molecule has 0 spiro atoms. The number of nitrogens with one attached hydrogen (secondary N) is 1. The van der Waals surface area contributed by atoms with Crippen molar-refractivity contribution in [2.24, 2.45) is 0 Å². The molecule has 0 aliphatic heterocycles. The summed E-state index contributed by atoms with van der Waals surface area (Å²) in [6, 6.07) is 10.5. The molecule has 102 valence electrons. The molecule has 1 aromatic carbocycles. The average Bonchev–Trinajstić information content (AvgIpc) is 2.91. The molecule has 3 aromatic rings. The smallest absolute Gasteiger partial charge is 0.156 e. The molecule has 0 atom stereocenters. The summed E-state index contributed by atoms with van der Waals surface area (Å²) >= 11 is 1.74. The van der Waals surface area contributed by atoms with E-state index in [-0.39, 0.29) is 0 Å². The highest BCUT2D eigenvalue weighted by Crippen LogP contribution is 2.31. The molecule has 4 heteroatoms. The summed E-state index contributed by atoms with van der Waals surface area (Å²) in [6.45, 7) is 5.17. The largest absolute Gasteiger partial charge is 0.368 e. The van der Waals surface area contributed by atoms with Crippen molar-refractivity contribution < 1.29 is 0 Å². The summed E-state index contributed by atoms with van der Waals surface area (Å²) in [5.74, 6) is 0.873. The average molecular weight is 283 g/mol. The van der Waals surface area contributed by atoms with Crippen LogP contribution in [0.2, 0.25) is 0 Å². The van der Waals surface area contributed by atoms with E-state index in [1.807, 2.05) is 6.07 Å². The van der Waals surface area contributed by atoms with Gasteiger partial charge in [0, 0.05) is 33.1 Å². The first-order chi connectivity index (χ1) is 9.79. The van der Waals surface area contributed by atoms with Crippen LogP contribution in [0, 0.1) is 6.92 Å². The molecule has 0 saturated heterocycles. The van der Waals surface area contributed by atoms with Gasteiger partial charge in [-0.15, -0.1) is 21.5 Å². The highest BCUT2D eigenvalue weighted by atomic mass is 32.1. The molecule has 3 rings (SSSR count). The molecule has 0 bridgehead atoms. The number of aromatic nitrogens is 2. The Balaban J connectivity index is 2.15. The molecular formula is C16H17N3S. The second-order valence-corrected chi connectivity index (χ2v) is 5.93. The van der Waals surface area contributed by atoms with E-state index in [0.29, 0.717) is 0 Å². The Hall–Kier alpha value is -1.94. The predicted octanol–water partition coefficient (Wildman–Crippen LogP) is 4.49. The van der Waals surface area contributed by atoms with Crippen molar-refractivity contribution >= 4 is 27.9 Å². The van der Waals surface area contributed by atoms with Gasteiger partial charge < -0.3 is 5.32 Å². The minimum absolute atomic E-state index is 0.873. The van der Waals surface area contributed by atoms with E-state index in [4.69, 9.17) is 0 Å². The standard InChI is InChI=1S/C16H17N3S/c1-3-8-17-16-14-7-5-4-6-13(14)15(18-19-16)12-9-11(2)20-10-12/h4-7,9-10H,3,8H2,1-2H3,(H,17,19). The van der Waals surface area contributed by atoms with Crippen molar-refractivity contribution in [2.45, 2.75) is 20.3 Å². The maximum absolute atomic E-state index is 4.44. The van der Waals surface area contributed by atoms with Gasteiger partial charge in [-0.1, -0.05) is 31.2 Å². The van der Waals surface area contributed by atoms with Crippen LogP contribution in [0.3, 0.4) is 0 Å². The van der Waals surface area contributed by atoms with Gasteiger partial charge in [0.1, 0.15) is 5.69 Å².